The van der Waals surface area contributed by atoms with E-state index in [1.807, 2.05) is 29.7 Å². The normalized spacial score (nSPS) is 11.1. The van der Waals surface area contributed by atoms with Crippen LogP contribution in [0.3, 0.4) is 0 Å². The first-order valence-electron chi connectivity index (χ1n) is 5.76. The summed E-state index contributed by atoms with van der Waals surface area (Å²) in [5.74, 6) is 0.334. The fourth-order valence-corrected chi connectivity index (χ4v) is 2.05. The highest BCUT2D eigenvalue weighted by Gasteiger charge is 2.18. The number of carbonyl (C=O) groups is 1. The van der Waals surface area contributed by atoms with Crippen LogP contribution in [-0.4, -0.2) is 22.5 Å². The lowest BCUT2D eigenvalue weighted by atomic mass is 10.2. The number of hydrogen-bond acceptors (Lipinski definition) is 2. The lowest BCUT2D eigenvalue weighted by Gasteiger charge is -2.11. The van der Waals surface area contributed by atoms with Gasteiger partial charge in [0.2, 0.25) is 0 Å². The minimum absolute atomic E-state index is 0.144. The predicted molar refractivity (Wildman–Crippen MR) is 68.2 cm³/mol. The van der Waals surface area contributed by atoms with Gasteiger partial charge in [-0.15, -0.1) is 0 Å². The van der Waals surface area contributed by atoms with E-state index in [0.29, 0.717) is 5.82 Å². The second-order valence-corrected chi connectivity index (χ2v) is 4.42. The molecule has 17 heavy (non-hydrogen) atoms. The molecule has 2 aromatic rings. The van der Waals surface area contributed by atoms with Crippen LogP contribution in [-0.2, 0) is 0 Å². The zero-order valence-electron chi connectivity index (χ0n) is 10.6. The Bertz CT molecular complexity index is 569. The van der Waals surface area contributed by atoms with Gasteiger partial charge in [0.25, 0.3) is 5.91 Å². The van der Waals surface area contributed by atoms with E-state index in [1.165, 1.54) is 0 Å². The van der Waals surface area contributed by atoms with E-state index in [-0.39, 0.29) is 11.9 Å². The first-order chi connectivity index (χ1) is 8.06. The Labute approximate surface area is 101 Å². The summed E-state index contributed by atoms with van der Waals surface area (Å²) in [5, 5.41) is 2.63. The molecule has 2 rings (SSSR count). The second kappa shape index (κ2) is 4.20. The van der Waals surface area contributed by atoms with Gasteiger partial charge in [0.05, 0.1) is 11.0 Å². The Kier molecular flexibility index (Phi) is 2.88. The summed E-state index contributed by atoms with van der Waals surface area (Å²) in [7, 11) is 1.62. The predicted octanol–water partition coefficient (Wildman–Crippen LogP) is 2.29. The molecule has 0 saturated carbocycles. The Balaban J connectivity index is 2.79. The van der Waals surface area contributed by atoms with Gasteiger partial charge in [0.1, 0.15) is 0 Å². The van der Waals surface area contributed by atoms with Crippen molar-refractivity contribution in [3.63, 3.8) is 0 Å². The van der Waals surface area contributed by atoms with Crippen molar-refractivity contribution < 1.29 is 4.79 Å². The average Bonchev–Trinajstić information content (AvgIpc) is 2.68. The van der Waals surface area contributed by atoms with Crippen LogP contribution in [0.5, 0.6) is 0 Å². The van der Waals surface area contributed by atoms with Gasteiger partial charge in [0, 0.05) is 13.1 Å². The molecule has 1 aromatic carbocycles. The van der Waals surface area contributed by atoms with Crippen LogP contribution in [0.1, 0.15) is 36.1 Å². The highest BCUT2D eigenvalue weighted by Crippen LogP contribution is 2.23. The number of aryl methyl sites for hydroxylation is 1. The van der Waals surface area contributed by atoms with Gasteiger partial charge in [-0.05, 0) is 32.4 Å². The quantitative estimate of drug-likeness (QED) is 0.862. The largest absolute Gasteiger partial charge is 0.352 e. The summed E-state index contributed by atoms with van der Waals surface area (Å²) >= 11 is 0. The minimum atomic E-state index is -0.144. The molecule has 1 heterocycles. The summed E-state index contributed by atoms with van der Waals surface area (Å²) in [4.78, 5) is 16.3. The van der Waals surface area contributed by atoms with Crippen molar-refractivity contribution in [2.24, 2.45) is 0 Å². The molecule has 0 aliphatic rings. The number of para-hydroxylation sites is 1. The molecule has 0 aliphatic carbocycles. The topological polar surface area (TPSA) is 46.9 Å². The molecule has 0 bridgehead atoms. The molecule has 1 amide bonds. The van der Waals surface area contributed by atoms with Crippen LogP contribution in [0.25, 0.3) is 11.0 Å². The molecule has 0 atom stereocenters. The Hall–Kier alpha value is -1.84. The fourth-order valence-electron chi connectivity index (χ4n) is 2.05. The van der Waals surface area contributed by atoms with Crippen molar-refractivity contribution in [2.45, 2.75) is 26.8 Å². The standard InChI is InChI=1S/C13H17N3O/c1-8(2)16-10-7-5-6-9(3)11(10)15-12(16)13(17)14-4/h5-8H,1-4H3,(H,14,17). The number of hydrogen-bond donors (Lipinski definition) is 1. The zero-order chi connectivity index (χ0) is 12.6. The van der Waals surface area contributed by atoms with Gasteiger partial charge in [-0.25, -0.2) is 4.98 Å². The number of nitrogens with one attached hydrogen (secondary N) is 1. The van der Waals surface area contributed by atoms with Crippen molar-refractivity contribution in [1.82, 2.24) is 14.9 Å². The van der Waals surface area contributed by atoms with E-state index in [2.05, 4.69) is 24.1 Å². The van der Waals surface area contributed by atoms with E-state index in [9.17, 15) is 4.79 Å². The summed E-state index contributed by atoms with van der Waals surface area (Å²) in [6, 6.07) is 6.20. The molecular weight excluding hydrogens is 214 g/mol. The molecule has 4 heteroatoms. The fraction of sp³-hybridized carbons (Fsp3) is 0.385. The average molecular weight is 231 g/mol. The van der Waals surface area contributed by atoms with Crippen molar-refractivity contribution in [1.29, 1.82) is 0 Å². The van der Waals surface area contributed by atoms with Crippen molar-refractivity contribution in [2.75, 3.05) is 7.05 Å². The van der Waals surface area contributed by atoms with Crippen LogP contribution < -0.4 is 5.32 Å². The number of imidazole rings is 1. The van der Waals surface area contributed by atoms with Crippen LogP contribution in [0.2, 0.25) is 0 Å². The molecule has 0 fully saturated rings. The van der Waals surface area contributed by atoms with E-state index >= 15 is 0 Å². The third kappa shape index (κ3) is 1.79. The number of fused-ring (bicyclic) bond motifs is 1. The lowest BCUT2D eigenvalue weighted by molar-refractivity contribution is 0.0947. The summed E-state index contributed by atoms with van der Waals surface area (Å²) in [5.41, 5.74) is 3.01. The van der Waals surface area contributed by atoms with Crippen molar-refractivity contribution in [3.05, 3.63) is 29.6 Å². The monoisotopic (exact) mass is 231 g/mol. The first kappa shape index (κ1) is 11.6. The molecule has 0 unspecified atom stereocenters. The van der Waals surface area contributed by atoms with Gasteiger partial charge in [0.15, 0.2) is 5.82 Å². The van der Waals surface area contributed by atoms with Gasteiger partial charge in [-0.2, -0.15) is 0 Å². The smallest absolute Gasteiger partial charge is 0.287 e. The van der Waals surface area contributed by atoms with Crippen LogP contribution in [0.15, 0.2) is 18.2 Å². The van der Waals surface area contributed by atoms with Crippen LogP contribution >= 0.6 is 0 Å². The molecule has 0 aliphatic heterocycles. The van der Waals surface area contributed by atoms with E-state index in [4.69, 9.17) is 0 Å². The number of nitrogens with zero attached hydrogens (tertiary/aromatic N) is 2. The van der Waals surface area contributed by atoms with Gasteiger partial charge >= 0.3 is 0 Å². The summed E-state index contributed by atoms with van der Waals surface area (Å²) in [6.45, 7) is 6.11. The number of benzene rings is 1. The highest BCUT2D eigenvalue weighted by molar-refractivity contribution is 5.95. The molecule has 0 saturated heterocycles. The maximum absolute atomic E-state index is 11.8. The first-order valence-corrected chi connectivity index (χ1v) is 5.76. The molecule has 0 radical (unpaired) electrons. The maximum Gasteiger partial charge on any atom is 0.287 e. The summed E-state index contributed by atoms with van der Waals surface area (Å²) in [6.07, 6.45) is 0. The Morgan fingerprint density at radius 3 is 2.71 bits per heavy atom. The second-order valence-electron chi connectivity index (χ2n) is 4.42. The van der Waals surface area contributed by atoms with E-state index in [1.54, 1.807) is 7.05 Å². The van der Waals surface area contributed by atoms with Crippen molar-refractivity contribution >= 4 is 16.9 Å². The molecule has 4 nitrogen and oxygen atoms in total. The van der Waals surface area contributed by atoms with Crippen LogP contribution in [0.4, 0.5) is 0 Å². The lowest BCUT2D eigenvalue weighted by Crippen LogP contribution is -2.23. The Morgan fingerprint density at radius 1 is 1.41 bits per heavy atom. The molecule has 1 N–H and O–H groups in total. The van der Waals surface area contributed by atoms with Crippen LogP contribution in [0, 0.1) is 6.92 Å². The Morgan fingerprint density at radius 2 is 2.12 bits per heavy atom. The molecule has 90 valence electrons. The van der Waals surface area contributed by atoms with Gasteiger partial charge in [-0.1, -0.05) is 12.1 Å². The SMILES string of the molecule is CNC(=O)c1nc2c(C)cccc2n1C(C)C. The van der Waals surface area contributed by atoms with E-state index in [0.717, 1.165) is 16.6 Å². The molecule has 0 spiro atoms. The summed E-state index contributed by atoms with van der Waals surface area (Å²) < 4.78 is 1.97. The third-order valence-electron chi connectivity index (χ3n) is 2.87. The van der Waals surface area contributed by atoms with Gasteiger partial charge in [-0.3, -0.25) is 4.79 Å². The number of rotatable bonds is 2. The molecular formula is C13H17N3O. The van der Waals surface area contributed by atoms with E-state index < -0.39 is 0 Å². The number of aromatic nitrogens is 2. The van der Waals surface area contributed by atoms with Gasteiger partial charge < -0.3 is 9.88 Å². The molecule has 1 aromatic heterocycles. The number of carbonyl (C=O) groups excluding carboxylic acids is 1. The third-order valence-corrected chi connectivity index (χ3v) is 2.87. The van der Waals surface area contributed by atoms with Crippen molar-refractivity contribution in [3.8, 4) is 0 Å². The zero-order valence-corrected chi connectivity index (χ0v) is 10.6. The maximum atomic E-state index is 11.8. The minimum Gasteiger partial charge on any atom is -0.352 e. The number of amides is 1. The highest BCUT2D eigenvalue weighted by atomic mass is 16.2.